The second-order valence-electron chi connectivity index (χ2n) is 3.54. The Morgan fingerprint density at radius 3 is 2.65 bits per heavy atom. The van der Waals surface area contributed by atoms with Gasteiger partial charge in [0, 0.05) is 5.56 Å². The number of anilines is 1. The van der Waals surface area contributed by atoms with Crippen molar-refractivity contribution in [2.45, 2.75) is 6.61 Å². The Morgan fingerprint density at radius 1 is 1.12 bits per heavy atom. The van der Waals surface area contributed by atoms with Crippen LogP contribution in [0.1, 0.15) is 5.56 Å². The lowest BCUT2D eigenvalue weighted by Crippen LogP contribution is -2.00. The van der Waals surface area contributed by atoms with Gasteiger partial charge in [0.1, 0.15) is 18.2 Å². The van der Waals surface area contributed by atoms with Crippen LogP contribution in [0, 0.1) is 5.82 Å². The summed E-state index contributed by atoms with van der Waals surface area (Å²) in [4.78, 5) is 0. The summed E-state index contributed by atoms with van der Waals surface area (Å²) < 4.78 is 19.2. The zero-order valence-corrected chi connectivity index (χ0v) is 10.6. The highest BCUT2D eigenvalue weighted by Gasteiger charge is 2.06. The summed E-state index contributed by atoms with van der Waals surface area (Å²) in [6.07, 6.45) is 0. The van der Waals surface area contributed by atoms with Gasteiger partial charge in [0.25, 0.3) is 0 Å². The molecule has 0 heterocycles. The average Bonchev–Trinajstić information content (AvgIpc) is 2.33. The molecule has 0 saturated heterocycles. The molecule has 4 heteroatoms. The minimum atomic E-state index is -0.299. The van der Waals surface area contributed by atoms with Crippen molar-refractivity contribution < 1.29 is 9.13 Å². The largest absolute Gasteiger partial charge is 0.487 e. The molecule has 0 amide bonds. The second kappa shape index (κ2) is 5.19. The van der Waals surface area contributed by atoms with E-state index in [-0.39, 0.29) is 12.4 Å². The first kappa shape index (κ1) is 11.9. The van der Waals surface area contributed by atoms with Crippen molar-refractivity contribution in [2.24, 2.45) is 0 Å². The van der Waals surface area contributed by atoms with Crippen molar-refractivity contribution in [3.05, 3.63) is 58.3 Å². The van der Waals surface area contributed by atoms with Gasteiger partial charge in [-0.3, -0.25) is 0 Å². The minimum Gasteiger partial charge on any atom is -0.487 e. The molecule has 0 fully saturated rings. The molecule has 0 bridgehead atoms. The standard InChI is InChI=1S/C13H11BrFNO/c14-13-9(4-3-5-10(13)15)8-17-12-7-2-1-6-11(12)16/h1-7H,8,16H2. The smallest absolute Gasteiger partial charge is 0.142 e. The summed E-state index contributed by atoms with van der Waals surface area (Å²) in [5.41, 5.74) is 7.06. The highest BCUT2D eigenvalue weighted by Crippen LogP contribution is 2.24. The van der Waals surface area contributed by atoms with E-state index in [1.54, 1.807) is 24.3 Å². The zero-order chi connectivity index (χ0) is 12.3. The quantitative estimate of drug-likeness (QED) is 0.875. The number of benzene rings is 2. The Hall–Kier alpha value is -1.55. The van der Waals surface area contributed by atoms with E-state index in [1.165, 1.54) is 6.07 Å². The maximum absolute atomic E-state index is 13.3. The van der Waals surface area contributed by atoms with Crippen LogP contribution in [0.15, 0.2) is 46.9 Å². The van der Waals surface area contributed by atoms with Gasteiger partial charge in [-0.05, 0) is 34.1 Å². The molecule has 0 radical (unpaired) electrons. The van der Waals surface area contributed by atoms with Gasteiger partial charge in [-0.2, -0.15) is 0 Å². The fourth-order valence-corrected chi connectivity index (χ4v) is 1.81. The molecule has 0 aliphatic heterocycles. The molecule has 88 valence electrons. The third-order valence-corrected chi connectivity index (χ3v) is 3.22. The Labute approximate surface area is 107 Å². The molecule has 0 aliphatic rings. The van der Waals surface area contributed by atoms with Gasteiger partial charge in [-0.1, -0.05) is 24.3 Å². The van der Waals surface area contributed by atoms with Gasteiger partial charge >= 0.3 is 0 Å². The predicted molar refractivity (Wildman–Crippen MR) is 69.3 cm³/mol. The van der Waals surface area contributed by atoms with E-state index in [0.29, 0.717) is 15.9 Å². The number of rotatable bonds is 3. The van der Waals surface area contributed by atoms with Gasteiger partial charge in [-0.25, -0.2) is 4.39 Å². The van der Waals surface area contributed by atoms with Crippen LogP contribution >= 0.6 is 15.9 Å². The Morgan fingerprint density at radius 2 is 1.88 bits per heavy atom. The van der Waals surface area contributed by atoms with Gasteiger partial charge in [0.05, 0.1) is 10.2 Å². The van der Waals surface area contributed by atoms with Gasteiger partial charge in [-0.15, -0.1) is 0 Å². The van der Waals surface area contributed by atoms with Crippen LogP contribution < -0.4 is 10.5 Å². The number of para-hydroxylation sites is 2. The van der Waals surface area contributed by atoms with Crippen molar-refractivity contribution in [2.75, 3.05) is 5.73 Å². The van der Waals surface area contributed by atoms with Crippen molar-refractivity contribution >= 4 is 21.6 Å². The molecule has 2 nitrogen and oxygen atoms in total. The minimum absolute atomic E-state index is 0.270. The normalized spacial score (nSPS) is 10.2. The van der Waals surface area contributed by atoms with E-state index in [2.05, 4.69) is 15.9 Å². The van der Waals surface area contributed by atoms with Crippen LogP contribution in [-0.2, 0) is 6.61 Å². The SMILES string of the molecule is Nc1ccccc1OCc1cccc(F)c1Br. The van der Waals surface area contributed by atoms with Crippen LogP contribution in [0.2, 0.25) is 0 Å². The van der Waals surface area contributed by atoms with Crippen molar-refractivity contribution in [1.29, 1.82) is 0 Å². The third-order valence-electron chi connectivity index (χ3n) is 2.33. The van der Waals surface area contributed by atoms with E-state index < -0.39 is 0 Å². The van der Waals surface area contributed by atoms with Crippen LogP contribution in [0.25, 0.3) is 0 Å². The van der Waals surface area contributed by atoms with Crippen LogP contribution in [0.5, 0.6) is 5.75 Å². The number of halogens is 2. The molecule has 0 aliphatic carbocycles. The molecule has 0 aromatic heterocycles. The van der Waals surface area contributed by atoms with E-state index >= 15 is 0 Å². The van der Waals surface area contributed by atoms with Crippen LogP contribution in [0.4, 0.5) is 10.1 Å². The lowest BCUT2D eigenvalue weighted by atomic mass is 10.2. The molecule has 0 unspecified atom stereocenters. The highest BCUT2D eigenvalue weighted by molar-refractivity contribution is 9.10. The highest BCUT2D eigenvalue weighted by atomic mass is 79.9. The molecule has 2 aromatic carbocycles. The second-order valence-corrected chi connectivity index (χ2v) is 4.33. The summed E-state index contributed by atoms with van der Waals surface area (Å²) in [6.45, 7) is 0.270. The molecule has 2 N–H and O–H groups in total. The topological polar surface area (TPSA) is 35.2 Å². The Balaban J connectivity index is 2.13. The first-order chi connectivity index (χ1) is 8.18. The van der Waals surface area contributed by atoms with Crippen LogP contribution in [0.3, 0.4) is 0 Å². The molecule has 2 rings (SSSR count). The molecule has 0 saturated carbocycles. The number of hydrogen-bond donors (Lipinski definition) is 1. The Kier molecular flexibility index (Phi) is 3.64. The maximum Gasteiger partial charge on any atom is 0.142 e. The van der Waals surface area contributed by atoms with E-state index in [4.69, 9.17) is 10.5 Å². The fraction of sp³-hybridized carbons (Fsp3) is 0.0769. The fourth-order valence-electron chi connectivity index (χ4n) is 1.43. The summed E-state index contributed by atoms with van der Waals surface area (Å²) in [7, 11) is 0. The van der Waals surface area contributed by atoms with Crippen LogP contribution in [-0.4, -0.2) is 0 Å². The molecule has 17 heavy (non-hydrogen) atoms. The van der Waals surface area contributed by atoms with Gasteiger partial charge < -0.3 is 10.5 Å². The average molecular weight is 296 g/mol. The first-order valence-electron chi connectivity index (χ1n) is 5.08. The van der Waals surface area contributed by atoms with E-state index in [1.807, 2.05) is 12.1 Å². The number of nitrogen functional groups attached to an aromatic ring is 1. The first-order valence-corrected chi connectivity index (χ1v) is 5.88. The summed E-state index contributed by atoms with van der Waals surface area (Å²) in [5.74, 6) is 0.302. The zero-order valence-electron chi connectivity index (χ0n) is 8.99. The molecular weight excluding hydrogens is 285 g/mol. The van der Waals surface area contributed by atoms with Crippen molar-refractivity contribution in [3.63, 3.8) is 0 Å². The molecule has 0 spiro atoms. The van der Waals surface area contributed by atoms with Gasteiger partial charge in [0.15, 0.2) is 0 Å². The monoisotopic (exact) mass is 295 g/mol. The van der Waals surface area contributed by atoms with E-state index in [0.717, 1.165) is 5.56 Å². The summed E-state index contributed by atoms with van der Waals surface area (Å²) >= 11 is 3.19. The van der Waals surface area contributed by atoms with Crippen molar-refractivity contribution in [1.82, 2.24) is 0 Å². The summed E-state index contributed by atoms with van der Waals surface area (Å²) in [6, 6.07) is 12.1. The maximum atomic E-state index is 13.3. The molecule has 0 atom stereocenters. The Bertz CT molecular complexity index is 531. The lowest BCUT2D eigenvalue weighted by molar-refractivity contribution is 0.306. The number of hydrogen-bond acceptors (Lipinski definition) is 2. The lowest BCUT2D eigenvalue weighted by Gasteiger charge is -2.10. The summed E-state index contributed by atoms with van der Waals surface area (Å²) in [5, 5.41) is 0. The number of ether oxygens (including phenoxy) is 1. The molecular formula is C13H11BrFNO. The van der Waals surface area contributed by atoms with Gasteiger partial charge in [0.2, 0.25) is 0 Å². The number of nitrogens with two attached hydrogens (primary N) is 1. The third kappa shape index (κ3) is 2.77. The molecule has 2 aromatic rings. The van der Waals surface area contributed by atoms with E-state index in [9.17, 15) is 4.39 Å². The predicted octanol–water partition coefficient (Wildman–Crippen LogP) is 3.75. The van der Waals surface area contributed by atoms with Crippen molar-refractivity contribution in [3.8, 4) is 5.75 Å².